The number of hydrogen-bond acceptors (Lipinski definition) is 2. The Bertz CT molecular complexity index is 285. The van der Waals surface area contributed by atoms with Crippen LogP contribution in [-0.2, 0) is 0 Å². The minimum atomic E-state index is -0.132. The molecule has 2 unspecified atom stereocenters. The molecule has 0 spiro atoms. The summed E-state index contributed by atoms with van der Waals surface area (Å²) in [5.41, 5.74) is 2.46. The van der Waals surface area contributed by atoms with Crippen molar-refractivity contribution in [3.8, 4) is 0 Å². The van der Waals surface area contributed by atoms with Crippen molar-refractivity contribution in [1.82, 2.24) is 4.98 Å². The van der Waals surface area contributed by atoms with Crippen molar-refractivity contribution in [2.24, 2.45) is 0 Å². The number of aromatic nitrogens is 1. The summed E-state index contributed by atoms with van der Waals surface area (Å²) < 4.78 is 0. The Morgan fingerprint density at radius 1 is 1.50 bits per heavy atom. The van der Waals surface area contributed by atoms with Gasteiger partial charge in [0, 0.05) is 18.3 Å². The van der Waals surface area contributed by atoms with E-state index in [1.54, 1.807) is 6.20 Å². The molecule has 12 heavy (non-hydrogen) atoms. The van der Waals surface area contributed by atoms with Gasteiger partial charge in [-0.05, 0) is 37.0 Å². The van der Waals surface area contributed by atoms with Crippen molar-refractivity contribution in [2.45, 2.75) is 31.8 Å². The molecule has 1 aliphatic carbocycles. The Balaban J connectivity index is 2.27. The first-order chi connectivity index (χ1) is 5.79. The largest absolute Gasteiger partial charge is 0.392 e. The zero-order valence-corrected chi connectivity index (χ0v) is 7.20. The van der Waals surface area contributed by atoms with E-state index in [0.29, 0.717) is 5.92 Å². The molecule has 0 aromatic carbocycles. The first kappa shape index (κ1) is 7.74. The van der Waals surface area contributed by atoms with Crippen LogP contribution in [0, 0.1) is 6.92 Å². The summed E-state index contributed by atoms with van der Waals surface area (Å²) in [6.07, 6.45) is 5.59. The van der Waals surface area contributed by atoms with Crippen molar-refractivity contribution in [3.63, 3.8) is 0 Å². The predicted octanol–water partition coefficient (Wildman–Crippen LogP) is 1.63. The first-order valence-corrected chi connectivity index (χ1v) is 4.37. The van der Waals surface area contributed by atoms with Gasteiger partial charge in [-0.15, -0.1) is 0 Å². The molecule has 64 valence electrons. The molecule has 2 rings (SSSR count). The molecule has 1 aliphatic rings. The van der Waals surface area contributed by atoms with Crippen LogP contribution >= 0.6 is 0 Å². The van der Waals surface area contributed by atoms with Gasteiger partial charge in [0.1, 0.15) is 0 Å². The van der Waals surface area contributed by atoms with Crippen LogP contribution < -0.4 is 0 Å². The zero-order valence-electron chi connectivity index (χ0n) is 7.20. The highest BCUT2D eigenvalue weighted by atomic mass is 16.3. The molecule has 0 bridgehead atoms. The van der Waals surface area contributed by atoms with Gasteiger partial charge in [-0.3, -0.25) is 4.98 Å². The molecular weight excluding hydrogens is 150 g/mol. The predicted molar refractivity (Wildman–Crippen MR) is 47.0 cm³/mol. The number of nitrogens with zero attached hydrogens (tertiary/aromatic N) is 1. The molecule has 1 aromatic heterocycles. The van der Waals surface area contributed by atoms with Crippen LogP contribution in [0.5, 0.6) is 0 Å². The van der Waals surface area contributed by atoms with Gasteiger partial charge < -0.3 is 5.11 Å². The van der Waals surface area contributed by atoms with Crippen molar-refractivity contribution < 1.29 is 5.11 Å². The Kier molecular flexibility index (Phi) is 1.85. The highest BCUT2D eigenvalue weighted by Gasteiger charge is 2.31. The lowest BCUT2D eigenvalue weighted by atomic mass is 9.76. The highest BCUT2D eigenvalue weighted by Crippen LogP contribution is 2.37. The smallest absolute Gasteiger partial charge is 0.0609 e. The van der Waals surface area contributed by atoms with Gasteiger partial charge in [0.25, 0.3) is 0 Å². The van der Waals surface area contributed by atoms with E-state index in [2.05, 4.69) is 11.9 Å². The van der Waals surface area contributed by atoms with Gasteiger partial charge >= 0.3 is 0 Å². The zero-order chi connectivity index (χ0) is 8.55. The molecular formula is C10H13NO. The topological polar surface area (TPSA) is 33.1 Å². The second kappa shape index (κ2) is 2.87. The number of aliphatic hydroxyl groups is 1. The van der Waals surface area contributed by atoms with E-state index in [4.69, 9.17) is 0 Å². The summed E-state index contributed by atoms with van der Waals surface area (Å²) in [6, 6.07) is 2.00. The number of aliphatic hydroxyl groups excluding tert-OH is 1. The van der Waals surface area contributed by atoms with Crippen LogP contribution in [0.15, 0.2) is 18.5 Å². The van der Waals surface area contributed by atoms with E-state index >= 15 is 0 Å². The van der Waals surface area contributed by atoms with Gasteiger partial charge in [-0.1, -0.05) is 0 Å². The van der Waals surface area contributed by atoms with Crippen molar-refractivity contribution >= 4 is 0 Å². The van der Waals surface area contributed by atoms with Gasteiger partial charge in [-0.2, -0.15) is 0 Å². The minimum absolute atomic E-state index is 0.132. The van der Waals surface area contributed by atoms with E-state index in [1.807, 2.05) is 12.3 Å². The normalized spacial score (nSPS) is 28.2. The molecule has 0 amide bonds. The third kappa shape index (κ3) is 1.12. The fourth-order valence-corrected chi connectivity index (χ4v) is 1.71. The van der Waals surface area contributed by atoms with E-state index in [-0.39, 0.29) is 6.10 Å². The van der Waals surface area contributed by atoms with Gasteiger partial charge in [0.2, 0.25) is 0 Å². The number of pyridine rings is 1. The van der Waals surface area contributed by atoms with E-state index < -0.39 is 0 Å². The summed E-state index contributed by atoms with van der Waals surface area (Å²) in [5.74, 6) is 0.346. The third-order valence-electron chi connectivity index (χ3n) is 2.72. The maximum Gasteiger partial charge on any atom is 0.0609 e. The summed E-state index contributed by atoms with van der Waals surface area (Å²) in [7, 11) is 0. The Morgan fingerprint density at radius 3 is 2.83 bits per heavy atom. The molecule has 0 aliphatic heterocycles. The average Bonchev–Trinajstić information content (AvgIpc) is 2.06. The second-order valence-electron chi connectivity index (χ2n) is 3.48. The fraction of sp³-hybridized carbons (Fsp3) is 0.500. The maximum atomic E-state index is 9.46. The number of aryl methyl sites for hydroxylation is 1. The SMILES string of the molecule is Cc1ccncc1C1CCC1O. The molecule has 1 saturated carbocycles. The van der Waals surface area contributed by atoms with Crippen molar-refractivity contribution in [2.75, 3.05) is 0 Å². The number of hydrogen-bond donors (Lipinski definition) is 1. The molecule has 2 nitrogen and oxygen atoms in total. The van der Waals surface area contributed by atoms with Crippen LogP contribution in [0.4, 0.5) is 0 Å². The highest BCUT2D eigenvalue weighted by molar-refractivity contribution is 5.28. The lowest BCUT2D eigenvalue weighted by Crippen LogP contribution is -2.29. The summed E-state index contributed by atoms with van der Waals surface area (Å²) in [4.78, 5) is 4.07. The minimum Gasteiger partial charge on any atom is -0.392 e. The Labute approximate surface area is 72.3 Å². The van der Waals surface area contributed by atoms with E-state index in [1.165, 1.54) is 11.1 Å². The summed E-state index contributed by atoms with van der Waals surface area (Å²) in [6.45, 7) is 2.07. The summed E-state index contributed by atoms with van der Waals surface area (Å²) >= 11 is 0. The van der Waals surface area contributed by atoms with Crippen LogP contribution in [0.1, 0.15) is 29.9 Å². The maximum absolute atomic E-state index is 9.46. The lowest BCUT2D eigenvalue weighted by Gasteiger charge is -2.33. The number of rotatable bonds is 1. The van der Waals surface area contributed by atoms with Crippen molar-refractivity contribution in [3.05, 3.63) is 29.6 Å². The first-order valence-electron chi connectivity index (χ1n) is 4.37. The molecule has 2 heteroatoms. The van der Waals surface area contributed by atoms with Crippen LogP contribution in [0.2, 0.25) is 0 Å². The standard InChI is InChI=1S/C10H13NO/c1-7-4-5-11-6-9(7)8-2-3-10(8)12/h4-6,8,10,12H,2-3H2,1H3. The molecule has 1 N–H and O–H groups in total. The lowest BCUT2D eigenvalue weighted by molar-refractivity contribution is 0.0657. The molecule has 0 radical (unpaired) electrons. The summed E-state index contributed by atoms with van der Waals surface area (Å²) in [5, 5.41) is 9.46. The third-order valence-corrected chi connectivity index (χ3v) is 2.72. The van der Waals surface area contributed by atoms with Crippen LogP contribution in [0.3, 0.4) is 0 Å². The molecule has 1 aromatic rings. The van der Waals surface area contributed by atoms with E-state index in [9.17, 15) is 5.11 Å². The quantitative estimate of drug-likeness (QED) is 0.682. The molecule has 0 saturated heterocycles. The molecule has 1 heterocycles. The van der Waals surface area contributed by atoms with E-state index in [0.717, 1.165) is 12.8 Å². The van der Waals surface area contributed by atoms with Crippen LogP contribution in [-0.4, -0.2) is 16.2 Å². The van der Waals surface area contributed by atoms with Gasteiger partial charge in [-0.25, -0.2) is 0 Å². The average molecular weight is 163 g/mol. The molecule has 2 atom stereocenters. The fourth-order valence-electron chi connectivity index (χ4n) is 1.71. The monoisotopic (exact) mass is 163 g/mol. The Hall–Kier alpha value is -0.890. The molecule has 1 fully saturated rings. The van der Waals surface area contributed by atoms with Crippen LogP contribution in [0.25, 0.3) is 0 Å². The van der Waals surface area contributed by atoms with Gasteiger partial charge in [0.05, 0.1) is 6.10 Å². The van der Waals surface area contributed by atoms with Gasteiger partial charge in [0.15, 0.2) is 0 Å². The van der Waals surface area contributed by atoms with Crippen molar-refractivity contribution in [1.29, 1.82) is 0 Å². The Morgan fingerprint density at radius 2 is 2.33 bits per heavy atom. The second-order valence-corrected chi connectivity index (χ2v) is 3.48.